The molecule has 1 amide bonds. The lowest BCUT2D eigenvalue weighted by Crippen LogP contribution is -2.05. The van der Waals surface area contributed by atoms with Crippen LogP contribution in [0.4, 0.5) is 10.1 Å². The lowest BCUT2D eigenvalue weighted by atomic mass is 10.3. The van der Waals surface area contributed by atoms with Crippen molar-refractivity contribution < 1.29 is 13.9 Å². The van der Waals surface area contributed by atoms with Gasteiger partial charge in [0.15, 0.2) is 0 Å². The zero-order valence-corrected chi connectivity index (χ0v) is 9.81. The monoisotopic (exact) mass is 245 g/mol. The topological polar surface area (TPSA) is 38.3 Å². The number of hydrogen-bond acceptors (Lipinski definition) is 2. The van der Waals surface area contributed by atoms with E-state index < -0.39 is 0 Å². The van der Waals surface area contributed by atoms with Gasteiger partial charge in [-0.25, -0.2) is 4.39 Å². The van der Waals surface area contributed by atoms with Crippen molar-refractivity contribution >= 4 is 11.6 Å². The van der Waals surface area contributed by atoms with Gasteiger partial charge in [-0.2, -0.15) is 0 Å². The van der Waals surface area contributed by atoms with Gasteiger partial charge < -0.3 is 10.1 Å². The van der Waals surface area contributed by atoms with Crippen LogP contribution in [0.25, 0.3) is 0 Å². The third kappa shape index (κ3) is 3.31. The highest BCUT2D eigenvalue weighted by Crippen LogP contribution is 2.24. The fraction of sp³-hybridized carbons (Fsp3) is 0.0714. The molecule has 3 nitrogen and oxygen atoms in total. The number of carbonyl (C=O) groups is 1. The van der Waals surface area contributed by atoms with E-state index in [1.165, 1.54) is 19.1 Å². The van der Waals surface area contributed by atoms with Crippen molar-refractivity contribution in [2.75, 3.05) is 5.32 Å². The Labute approximate surface area is 104 Å². The molecule has 0 aromatic heterocycles. The van der Waals surface area contributed by atoms with Crippen LogP contribution in [0.1, 0.15) is 6.92 Å². The molecule has 0 aliphatic heterocycles. The van der Waals surface area contributed by atoms with E-state index in [-0.39, 0.29) is 11.7 Å². The van der Waals surface area contributed by atoms with Gasteiger partial charge in [0.1, 0.15) is 17.3 Å². The SMILES string of the molecule is CC(=O)Nc1cccc(Oc2ccc(F)cc2)c1. The first-order valence-corrected chi connectivity index (χ1v) is 5.44. The normalized spacial score (nSPS) is 9.89. The van der Waals surface area contributed by atoms with E-state index in [1.54, 1.807) is 36.4 Å². The molecular weight excluding hydrogens is 233 g/mol. The number of rotatable bonds is 3. The summed E-state index contributed by atoms with van der Waals surface area (Å²) in [6.45, 7) is 1.44. The number of hydrogen-bond donors (Lipinski definition) is 1. The second-order valence-electron chi connectivity index (χ2n) is 3.77. The third-order valence-corrected chi connectivity index (χ3v) is 2.20. The molecule has 1 N–H and O–H groups in total. The number of ether oxygens (including phenoxy) is 1. The molecule has 0 fully saturated rings. The van der Waals surface area contributed by atoms with Crippen LogP contribution in [0.5, 0.6) is 11.5 Å². The molecule has 18 heavy (non-hydrogen) atoms. The molecule has 0 radical (unpaired) electrons. The molecule has 0 heterocycles. The van der Waals surface area contributed by atoms with E-state index in [0.29, 0.717) is 17.2 Å². The molecule has 2 rings (SSSR count). The van der Waals surface area contributed by atoms with Crippen LogP contribution in [-0.2, 0) is 4.79 Å². The number of halogens is 1. The Morgan fingerprint density at radius 3 is 2.50 bits per heavy atom. The molecule has 92 valence electrons. The smallest absolute Gasteiger partial charge is 0.221 e. The maximum absolute atomic E-state index is 12.7. The predicted octanol–water partition coefficient (Wildman–Crippen LogP) is 3.58. The maximum atomic E-state index is 12.7. The van der Waals surface area contributed by atoms with Gasteiger partial charge in [-0.15, -0.1) is 0 Å². The summed E-state index contributed by atoms with van der Waals surface area (Å²) < 4.78 is 18.3. The molecule has 0 spiro atoms. The largest absolute Gasteiger partial charge is 0.457 e. The third-order valence-electron chi connectivity index (χ3n) is 2.20. The van der Waals surface area contributed by atoms with Crippen LogP contribution in [0.2, 0.25) is 0 Å². The zero-order chi connectivity index (χ0) is 13.0. The highest BCUT2D eigenvalue weighted by Gasteiger charge is 2.00. The summed E-state index contributed by atoms with van der Waals surface area (Å²) in [5.74, 6) is 0.660. The lowest BCUT2D eigenvalue weighted by molar-refractivity contribution is -0.114. The first-order valence-electron chi connectivity index (χ1n) is 5.44. The number of anilines is 1. The van der Waals surface area contributed by atoms with E-state index in [9.17, 15) is 9.18 Å². The average Bonchev–Trinajstić information content (AvgIpc) is 2.32. The lowest BCUT2D eigenvalue weighted by Gasteiger charge is -2.07. The zero-order valence-electron chi connectivity index (χ0n) is 9.81. The Bertz CT molecular complexity index is 552. The first-order chi connectivity index (χ1) is 8.63. The number of nitrogens with one attached hydrogen (secondary N) is 1. The first kappa shape index (κ1) is 12.1. The van der Waals surface area contributed by atoms with E-state index in [0.717, 1.165) is 0 Å². The van der Waals surface area contributed by atoms with E-state index in [2.05, 4.69) is 5.32 Å². The summed E-state index contributed by atoms with van der Waals surface area (Å²) in [4.78, 5) is 10.9. The van der Waals surface area contributed by atoms with Crippen molar-refractivity contribution in [1.82, 2.24) is 0 Å². The minimum Gasteiger partial charge on any atom is -0.457 e. The van der Waals surface area contributed by atoms with Crippen LogP contribution in [0.3, 0.4) is 0 Å². The van der Waals surface area contributed by atoms with Crippen molar-refractivity contribution in [1.29, 1.82) is 0 Å². The van der Waals surface area contributed by atoms with Gasteiger partial charge in [0.05, 0.1) is 0 Å². The molecule has 2 aromatic carbocycles. The molecule has 0 atom stereocenters. The Hall–Kier alpha value is -2.36. The van der Waals surface area contributed by atoms with Crippen molar-refractivity contribution in [2.24, 2.45) is 0 Å². The Morgan fingerprint density at radius 1 is 1.11 bits per heavy atom. The molecule has 0 aliphatic carbocycles. The van der Waals surface area contributed by atoms with Crippen LogP contribution >= 0.6 is 0 Å². The second kappa shape index (κ2) is 5.31. The number of carbonyl (C=O) groups excluding carboxylic acids is 1. The van der Waals surface area contributed by atoms with Crippen LogP contribution < -0.4 is 10.1 Å². The Morgan fingerprint density at radius 2 is 1.83 bits per heavy atom. The van der Waals surface area contributed by atoms with Crippen molar-refractivity contribution in [3.05, 3.63) is 54.3 Å². The van der Waals surface area contributed by atoms with Gasteiger partial charge >= 0.3 is 0 Å². The highest BCUT2D eigenvalue weighted by atomic mass is 19.1. The van der Waals surface area contributed by atoms with Gasteiger partial charge in [0.2, 0.25) is 5.91 Å². The Kier molecular flexibility index (Phi) is 3.57. The average molecular weight is 245 g/mol. The molecule has 2 aromatic rings. The molecule has 4 heteroatoms. The summed E-state index contributed by atoms with van der Waals surface area (Å²) in [6.07, 6.45) is 0. The summed E-state index contributed by atoms with van der Waals surface area (Å²) >= 11 is 0. The van der Waals surface area contributed by atoms with Crippen molar-refractivity contribution in [3.63, 3.8) is 0 Å². The summed E-state index contributed by atoms with van der Waals surface area (Å²) in [7, 11) is 0. The van der Waals surface area contributed by atoms with E-state index >= 15 is 0 Å². The van der Waals surface area contributed by atoms with E-state index in [4.69, 9.17) is 4.74 Å². The number of benzene rings is 2. The predicted molar refractivity (Wildman–Crippen MR) is 67.2 cm³/mol. The van der Waals surface area contributed by atoms with E-state index in [1.807, 2.05) is 0 Å². The minimum atomic E-state index is -0.311. The van der Waals surface area contributed by atoms with Gasteiger partial charge in [0.25, 0.3) is 0 Å². The Balaban J connectivity index is 2.13. The van der Waals surface area contributed by atoms with Gasteiger partial charge in [-0.3, -0.25) is 4.79 Å². The summed E-state index contributed by atoms with van der Waals surface area (Å²) in [5, 5.41) is 2.66. The van der Waals surface area contributed by atoms with Crippen molar-refractivity contribution in [2.45, 2.75) is 6.92 Å². The molecule has 0 saturated carbocycles. The maximum Gasteiger partial charge on any atom is 0.221 e. The van der Waals surface area contributed by atoms with Crippen molar-refractivity contribution in [3.8, 4) is 11.5 Å². The fourth-order valence-corrected chi connectivity index (χ4v) is 1.48. The molecule has 0 unspecified atom stereocenters. The molecule has 0 aliphatic rings. The van der Waals surface area contributed by atoms with Gasteiger partial charge in [-0.05, 0) is 36.4 Å². The van der Waals surface area contributed by atoms with Crippen LogP contribution in [0.15, 0.2) is 48.5 Å². The molecule has 0 bridgehead atoms. The van der Waals surface area contributed by atoms with Crippen LogP contribution in [0, 0.1) is 5.82 Å². The second-order valence-corrected chi connectivity index (χ2v) is 3.77. The standard InChI is InChI=1S/C14H12FNO2/c1-10(17)16-12-3-2-4-14(9-12)18-13-7-5-11(15)6-8-13/h2-9H,1H3,(H,16,17). The quantitative estimate of drug-likeness (QED) is 0.897. The molecule has 0 saturated heterocycles. The molecular formula is C14H12FNO2. The van der Waals surface area contributed by atoms with Gasteiger partial charge in [0, 0.05) is 18.7 Å². The van der Waals surface area contributed by atoms with Crippen LogP contribution in [-0.4, -0.2) is 5.91 Å². The number of amides is 1. The fourth-order valence-electron chi connectivity index (χ4n) is 1.48. The highest BCUT2D eigenvalue weighted by molar-refractivity contribution is 5.88. The summed E-state index contributed by atoms with van der Waals surface area (Å²) in [6, 6.07) is 12.7. The van der Waals surface area contributed by atoms with Gasteiger partial charge in [-0.1, -0.05) is 6.07 Å². The summed E-state index contributed by atoms with van der Waals surface area (Å²) in [5.41, 5.74) is 0.655. The minimum absolute atomic E-state index is 0.145.